The standard InChI is InChI=1S/C22H19N3O2S/c1-23-21(27)17-9-12-18(13-10-17)24-22(28)25-20(26)14-11-16-7-4-6-15-5-2-3-8-19(15)16/h2-14H,1H3,(H,23,27)(H2,24,25,26,28)/b14-11+. The number of hydrogen-bond donors (Lipinski definition) is 3. The molecule has 3 N–H and O–H groups in total. The lowest BCUT2D eigenvalue weighted by Gasteiger charge is -2.09. The fraction of sp³-hybridized carbons (Fsp3) is 0.0455. The quantitative estimate of drug-likeness (QED) is 0.470. The van der Waals surface area contributed by atoms with Crippen LogP contribution in [0.3, 0.4) is 0 Å². The van der Waals surface area contributed by atoms with Crippen LogP contribution in [0.2, 0.25) is 0 Å². The number of benzene rings is 3. The zero-order valence-electron chi connectivity index (χ0n) is 15.2. The SMILES string of the molecule is CNC(=O)c1ccc(NC(=S)NC(=O)/C=C/c2cccc3ccccc23)cc1. The van der Waals surface area contributed by atoms with Crippen molar-refractivity contribution in [1.82, 2.24) is 10.6 Å². The van der Waals surface area contributed by atoms with Crippen LogP contribution < -0.4 is 16.0 Å². The summed E-state index contributed by atoms with van der Waals surface area (Å²) in [5, 5.41) is 10.5. The Morgan fingerprint density at radius 1 is 0.929 bits per heavy atom. The maximum atomic E-state index is 12.2. The number of fused-ring (bicyclic) bond motifs is 1. The predicted molar refractivity (Wildman–Crippen MR) is 117 cm³/mol. The Kier molecular flexibility index (Phi) is 6.14. The van der Waals surface area contributed by atoms with Crippen LogP contribution in [0.1, 0.15) is 15.9 Å². The summed E-state index contributed by atoms with van der Waals surface area (Å²) in [4.78, 5) is 23.7. The van der Waals surface area contributed by atoms with Crippen molar-refractivity contribution in [2.24, 2.45) is 0 Å². The molecule has 5 nitrogen and oxygen atoms in total. The van der Waals surface area contributed by atoms with Gasteiger partial charge in [0.05, 0.1) is 0 Å². The van der Waals surface area contributed by atoms with E-state index in [0.29, 0.717) is 11.3 Å². The molecular weight excluding hydrogens is 370 g/mol. The average Bonchev–Trinajstić information content (AvgIpc) is 2.72. The van der Waals surface area contributed by atoms with Crippen molar-refractivity contribution in [2.45, 2.75) is 0 Å². The van der Waals surface area contributed by atoms with Crippen LogP contribution in [0.4, 0.5) is 5.69 Å². The molecule has 0 aliphatic rings. The molecule has 0 unspecified atom stereocenters. The molecule has 0 atom stereocenters. The van der Waals surface area contributed by atoms with Gasteiger partial charge in [0.1, 0.15) is 0 Å². The number of rotatable bonds is 4. The van der Waals surface area contributed by atoms with Crippen molar-refractivity contribution in [2.75, 3.05) is 12.4 Å². The van der Waals surface area contributed by atoms with Crippen LogP contribution >= 0.6 is 12.2 Å². The van der Waals surface area contributed by atoms with E-state index in [2.05, 4.69) is 16.0 Å². The zero-order valence-corrected chi connectivity index (χ0v) is 16.0. The van der Waals surface area contributed by atoms with Crippen molar-refractivity contribution in [3.05, 3.63) is 83.9 Å². The van der Waals surface area contributed by atoms with Crippen LogP contribution in [0.15, 0.2) is 72.8 Å². The maximum Gasteiger partial charge on any atom is 0.251 e. The van der Waals surface area contributed by atoms with Crippen molar-refractivity contribution in [3.8, 4) is 0 Å². The molecule has 0 aliphatic heterocycles. The number of thiocarbonyl (C=S) groups is 1. The second kappa shape index (κ2) is 8.92. The molecule has 0 spiro atoms. The van der Waals surface area contributed by atoms with Crippen molar-refractivity contribution in [1.29, 1.82) is 0 Å². The van der Waals surface area contributed by atoms with Crippen molar-refractivity contribution >= 4 is 51.7 Å². The van der Waals surface area contributed by atoms with Gasteiger partial charge in [0, 0.05) is 24.4 Å². The minimum atomic E-state index is -0.326. The third-order valence-corrected chi connectivity index (χ3v) is 4.31. The lowest BCUT2D eigenvalue weighted by molar-refractivity contribution is -0.115. The fourth-order valence-electron chi connectivity index (χ4n) is 2.73. The highest BCUT2D eigenvalue weighted by atomic mass is 32.1. The molecule has 2 amide bonds. The molecule has 28 heavy (non-hydrogen) atoms. The minimum absolute atomic E-state index is 0.166. The van der Waals surface area contributed by atoms with E-state index in [4.69, 9.17) is 12.2 Å². The van der Waals surface area contributed by atoms with Crippen LogP contribution in [0.5, 0.6) is 0 Å². The predicted octanol–water partition coefficient (Wildman–Crippen LogP) is 3.73. The number of nitrogens with one attached hydrogen (secondary N) is 3. The Labute approximate surface area is 168 Å². The molecule has 3 rings (SSSR count). The summed E-state index contributed by atoms with van der Waals surface area (Å²) in [6, 6.07) is 20.7. The van der Waals surface area contributed by atoms with E-state index in [9.17, 15) is 9.59 Å². The lowest BCUT2D eigenvalue weighted by Crippen LogP contribution is -2.32. The number of anilines is 1. The summed E-state index contributed by atoms with van der Waals surface area (Å²) >= 11 is 5.17. The molecule has 0 saturated carbocycles. The molecule has 0 fully saturated rings. The number of carbonyl (C=O) groups excluding carboxylic acids is 2. The molecule has 3 aromatic carbocycles. The van der Waals surface area contributed by atoms with Gasteiger partial charge in [0.25, 0.3) is 5.91 Å². The minimum Gasteiger partial charge on any atom is -0.355 e. The van der Waals surface area contributed by atoms with Crippen LogP contribution in [-0.4, -0.2) is 24.0 Å². The summed E-state index contributed by atoms with van der Waals surface area (Å²) in [6.07, 6.45) is 3.21. The van der Waals surface area contributed by atoms with E-state index in [-0.39, 0.29) is 16.9 Å². The van der Waals surface area contributed by atoms with Gasteiger partial charge in [-0.3, -0.25) is 14.9 Å². The first-order chi connectivity index (χ1) is 13.6. The Morgan fingerprint density at radius 2 is 1.64 bits per heavy atom. The average molecular weight is 389 g/mol. The van der Waals surface area contributed by atoms with E-state index in [1.54, 1.807) is 37.4 Å². The summed E-state index contributed by atoms with van der Waals surface area (Å²) in [5.74, 6) is -0.492. The molecule has 0 saturated heterocycles. The summed E-state index contributed by atoms with van der Waals surface area (Å²) < 4.78 is 0. The lowest BCUT2D eigenvalue weighted by atomic mass is 10.0. The Bertz CT molecular complexity index is 1050. The Hall–Kier alpha value is -3.51. The molecule has 3 aromatic rings. The topological polar surface area (TPSA) is 70.2 Å². The number of carbonyl (C=O) groups is 2. The Morgan fingerprint density at radius 3 is 2.39 bits per heavy atom. The molecular formula is C22H19N3O2S. The van der Waals surface area contributed by atoms with Gasteiger partial charge in [-0.2, -0.15) is 0 Å². The van der Waals surface area contributed by atoms with E-state index in [0.717, 1.165) is 16.3 Å². The van der Waals surface area contributed by atoms with Gasteiger partial charge in [-0.1, -0.05) is 42.5 Å². The van der Waals surface area contributed by atoms with Gasteiger partial charge in [0.15, 0.2) is 5.11 Å². The number of hydrogen-bond acceptors (Lipinski definition) is 3. The Balaban J connectivity index is 1.60. The van der Waals surface area contributed by atoms with E-state index in [1.165, 1.54) is 6.08 Å². The van der Waals surface area contributed by atoms with Gasteiger partial charge >= 0.3 is 0 Å². The van der Waals surface area contributed by atoms with Crippen molar-refractivity contribution < 1.29 is 9.59 Å². The van der Waals surface area contributed by atoms with E-state index in [1.807, 2.05) is 42.5 Å². The molecule has 0 aliphatic carbocycles. The smallest absolute Gasteiger partial charge is 0.251 e. The third-order valence-electron chi connectivity index (χ3n) is 4.11. The normalized spacial score (nSPS) is 10.6. The monoisotopic (exact) mass is 389 g/mol. The fourth-order valence-corrected chi connectivity index (χ4v) is 2.94. The van der Waals surface area contributed by atoms with Crippen LogP contribution in [0, 0.1) is 0 Å². The molecule has 140 valence electrons. The van der Waals surface area contributed by atoms with Gasteiger partial charge in [-0.25, -0.2) is 0 Å². The van der Waals surface area contributed by atoms with E-state index >= 15 is 0 Å². The highest BCUT2D eigenvalue weighted by Gasteiger charge is 2.05. The molecule has 6 heteroatoms. The second-order valence-electron chi connectivity index (χ2n) is 6.00. The molecule has 0 aromatic heterocycles. The van der Waals surface area contributed by atoms with Gasteiger partial charge in [-0.15, -0.1) is 0 Å². The summed E-state index contributed by atoms with van der Waals surface area (Å²) in [5.41, 5.74) is 2.17. The van der Waals surface area contributed by atoms with Crippen LogP contribution in [-0.2, 0) is 4.79 Å². The van der Waals surface area contributed by atoms with Crippen LogP contribution in [0.25, 0.3) is 16.8 Å². The second-order valence-corrected chi connectivity index (χ2v) is 6.41. The maximum absolute atomic E-state index is 12.2. The van der Waals surface area contributed by atoms with E-state index < -0.39 is 0 Å². The first-order valence-electron chi connectivity index (χ1n) is 8.67. The first kappa shape index (κ1) is 19.3. The van der Waals surface area contributed by atoms with Crippen molar-refractivity contribution in [3.63, 3.8) is 0 Å². The highest BCUT2D eigenvalue weighted by molar-refractivity contribution is 7.80. The van der Waals surface area contributed by atoms with Gasteiger partial charge < -0.3 is 10.6 Å². The third kappa shape index (κ3) is 4.81. The molecule has 0 radical (unpaired) electrons. The summed E-state index contributed by atoms with van der Waals surface area (Å²) in [7, 11) is 1.57. The zero-order chi connectivity index (χ0) is 19.9. The largest absolute Gasteiger partial charge is 0.355 e. The first-order valence-corrected chi connectivity index (χ1v) is 9.07. The summed E-state index contributed by atoms with van der Waals surface area (Å²) in [6.45, 7) is 0. The molecule has 0 bridgehead atoms. The molecule has 0 heterocycles. The highest BCUT2D eigenvalue weighted by Crippen LogP contribution is 2.19. The van der Waals surface area contributed by atoms with Gasteiger partial charge in [-0.05, 0) is 58.9 Å². The number of amides is 2. The van der Waals surface area contributed by atoms with Gasteiger partial charge in [0.2, 0.25) is 5.91 Å².